The Kier molecular flexibility index (Phi) is 5.38. The van der Waals surface area contributed by atoms with Crippen molar-refractivity contribution in [3.05, 3.63) is 29.8 Å². The van der Waals surface area contributed by atoms with Gasteiger partial charge in [-0.1, -0.05) is 25.1 Å². The van der Waals surface area contributed by atoms with Gasteiger partial charge in [0.25, 0.3) is 0 Å². The highest BCUT2D eigenvalue weighted by molar-refractivity contribution is 5.84. The minimum absolute atomic E-state index is 0.0457. The largest absolute Gasteiger partial charge is 0.496 e. The van der Waals surface area contributed by atoms with Crippen LogP contribution in [-0.4, -0.2) is 54.8 Å². The van der Waals surface area contributed by atoms with E-state index in [-0.39, 0.29) is 24.9 Å². The number of carboxylic acids is 1. The summed E-state index contributed by atoms with van der Waals surface area (Å²) in [5.41, 5.74) is 0.943. The Balaban J connectivity index is 2.08. The van der Waals surface area contributed by atoms with Crippen molar-refractivity contribution in [3.63, 3.8) is 0 Å². The van der Waals surface area contributed by atoms with Gasteiger partial charge in [-0.15, -0.1) is 0 Å². The smallest absolute Gasteiger partial charge is 0.328 e. The first-order valence-electron chi connectivity index (χ1n) is 7.27. The lowest BCUT2D eigenvalue weighted by atomic mass is 9.96. The van der Waals surface area contributed by atoms with E-state index in [9.17, 15) is 14.7 Å². The van der Waals surface area contributed by atoms with E-state index in [1.807, 2.05) is 31.2 Å². The van der Waals surface area contributed by atoms with E-state index in [4.69, 9.17) is 9.47 Å². The van der Waals surface area contributed by atoms with E-state index in [0.29, 0.717) is 13.2 Å². The molecule has 2 atom stereocenters. The standard InChI is InChI=1S/C16H21NO5/c1-11(12-5-3-4-6-14(12)21-2)9-15(18)17-7-8-22-10-13(17)16(19)20/h3-6,11,13H,7-10H2,1-2H3,(H,19,20)/t11-,13+/m1/s1. The van der Waals surface area contributed by atoms with Crippen molar-refractivity contribution < 1.29 is 24.2 Å². The number of nitrogens with zero attached hydrogens (tertiary/aromatic N) is 1. The molecule has 1 aromatic carbocycles. The molecule has 1 aliphatic heterocycles. The molecule has 22 heavy (non-hydrogen) atoms. The fourth-order valence-electron chi connectivity index (χ4n) is 2.67. The molecule has 6 heteroatoms. The Hall–Kier alpha value is -2.08. The molecule has 0 aromatic heterocycles. The van der Waals surface area contributed by atoms with Crippen molar-refractivity contribution in [2.24, 2.45) is 0 Å². The molecule has 0 saturated carbocycles. The lowest BCUT2D eigenvalue weighted by Crippen LogP contribution is -2.52. The number of hydrogen-bond acceptors (Lipinski definition) is 4. The molecule has 1 N–H and O–H groups in total. The molecule has 1 aromatic rings. The van der Waals surface area contributed by atoms with Crippen molar-refractivity contribution >= 4 is 11.9 Å². The predicted molar refractivity (Wildman–Crippen MR) is 80.0 cm³/mol. The van der Waals surface area contributed by atoms with Crippen molar-refractivity contribution in [2.45, 2.75) is 25.3 Å². The third-order valence-electron chi connectivity index (χ3n) is 3.88. The second kappa shape index (κ2) is 7.26. The molecule has 1 heterocycles. The maximum Gasteiger partial charge on any atom is 0.328 e. The molecule has 0 unspecified atom stereocenters. The molecule has 1 amide bonds. The number of amides is 1. The molecule has 0 radical (unpaired) electrons. The maximum atomic E-state index is 12.5. The first kappa shape index (κ1) is 16.3. The van der Waals surface area contributed by atoms with Crippen molar-refractivity contribution in [1.82, 2.24) is 4.90 Å². The van der Waals surface area contributed by atoms with Gasteiger partial charge in [0.15, 0.2) is 6.04 Å². The molecule has 6 nitrogen and oxygen atoms in total. The van der Waals surface area contributed by atoms with Gasteiger partial charge in [0, 0.05) is 13.0 Å². The number of morpholine rings is 1. The number of aliphatic carboxylic acids is 1. The Bertz CT molecular complexity index is 545. The summed E-state index contributed by atoms with van der Waals surface area (Å²) in [5, 5.41) is 9.20. The van der Waals surface area contributed by atoms with Crippen LogP contribution in [0.15, 0.2) is 24.3 Å². The van der Waals surface area contributed by atoms with E-state index in [1.54, 1.807) is 7.11 Å². The van der Waals surface area contributed by atoms with E-state index in [0.717, 1.165) is 11.3 Å². The summed E-state index contributed by atoms with van der Waals surface area (Å²) in [7, 11) is 1.59. The number of ether oxygens (including phenoxy) is 2. The van der Waals surface area contributed by atoms with Crippen molar-refractivity contribution in [3.8, 4) is 5.75 Å². The molecule has 0 aliphatic carbocycles. The Morgan fingerprint density at radius 3 is 2.86 bits per heavy atom. The Labute approximate surface area is 129 Å². The third kappa shape index (κ3) is 3.57. The number of para-hydroxylation sites is 1. The van der Waals surface area contributed by atoms with Gasteiger partial charge < -0.3 is 19.5 Å². The van der Waals surface area contributed by atoms with Crippen LogP contribution in [0.1, 0.15) is 24.8 Å². The molecule has 1 fully saturated rings. The van der Waals surface area contributed by atoms with Crippen LogP contribution in [0.3, 0.4) is 0 Å². The first-order valence-corrected chi connectivity index (χ1v) is 7.27. The molecule has 2 rings (SSSR count). The number of methoxy groups -OCH3 is 1. The quantitative estimate of drug-likeness (QED) is 0.892. The fraction of sp³-hybridized carbons (Fsp3) is 0.500. The van der Waals surface area contributed by atoms with Crippen LogP contribution >= 0.6 is 0 Å². The van der Waals surface area contributed by atoms with E-state index >= 15 is 0 Å². The monoisotopic (exact) mass is 307 g/mol. The summed E-state index contributed by atoms with van der Waals surface area (Å²) in [6.07, 6.45) is 0.240. The summed E-state index contributed by atoms with van der Waals surface area (Å²) in [6, 6.07) is 6.65. The number of rotatable bonds is 5. The highest BCUT2D eigenvalue weighted by Crippen LogP contribution is 2.29. The van der Waals surface area contributed by atoms with Crippen LogP contribution in [-0.2, 0) is 14.3 Å². The molecular formula is C16H21NO5. The van der Waals surface area contributed by atoms with Crippen LogP contribution in [0.4, 0.5) is 0 Å². The molecular weight excluding hydrogens is 286 g/mol. The van der Waals surface area contributed by atoms with Crippen molar-refractivity contribution in [2.75, 3.05) is 26.9 Å². The minimum Gasteiger partial charge on any atom is -0.496 e. The van der Waals surface area contributed by atoms with Crippen LogP contribution < -0.4 is 4.74 Å². The predicted octanol–water partition coefficient (Wildman–Crippen LogP) is 1.50. The van der Waals surface area contributed by atoms with Gasteiger partial charge in [0.2, 0.25) is 5.91 Å². The Morgan fingerprint density at radius 1 is 1.45 bits per heavy atom. The molecule has 0 spiro atoms. The van der Waals surface area contributed by atoms with E-state index in [2.05, 4.69) is 0 Å². The number of hydrogen-bond donors (Lipinski definition) is 1. The van der Waals surface area contributed by atoms with E-state index < -0.39 is 12.0 Å². The summed E-state index contributed by atoms with van der Waals surface area (Å²) in [4.78, 5) is 25.1. The average Bonchev–Trinajstić information content (AvgIpc) is 2.54. The average molecular weight is 307 g/mol. The number of carboxylic acid groups (broad SMARTS) is 1. The number of carbonyl (C=O) groups is 2. The molecule has 0 bridgehead atoms. The van der Waals surface area contributed by atoms with Gasteiger partial charge in [-0.05, 0) is 17.5 Å². The first-order chi connectivity index (χ1) is 10.5. The summed E-state index contributed by atoms with van der Waals surface area (Å²) in [5.74, 6) is -0.521. The highest BCUT2D eigenvalue weighted by Gasteiger charge is 2.33. The lowest BCUT2D eigenvalue weighted by molar-refractivity contribution is -0.158. The Morgan fingerprint density at radius 2 is 2.18 bits per heavy atom. The number of benzene rings is 1. The van der Waals surface area contributed by atoms with Crippen LogP contribution in [0.25, 0.3) is 0 Å². The zero-order valence-electron chi connectivity index (χ0n) is 12.8. The normalized spacial score (nSPS) is 19.5. The SMILES string of the molecule is COc1ccccc1[C@H](C)CC(=O)N1CCOC[C@H]1C(=O)O. The minimum atomic E-state index is -1.03. The van der Waals surface area contributed by atoms with Gasteiger partial charge in [0.05, 0.1) is 20.3 Å². The maximum absolute atomic E-state index is 12.5. The van der Waals surface area contributed by atoms with Crippen LogP contribution in [0.2, 0.25) is 0 Å². The van der Waals surface area contributed by atoms with Gasteiger partial charge >= 0.3 is 5.97 Å². The zero-order valence-corrected chi connectivity index (χ0v) is 12.8. The fourth-order valence-corrected chi connectivity index (χ4v) is 2.67. The molecule has 1 saturated heterocycles. The third-order valence-corrected chi connectivity index (χ3v) is 3.88. The van der Waals surface area contributed by atoms with Crippen LogP contribution in [0, 0.1) is 0 Å². The highest BCUT2D eigenvalue weighted by atomic mass is 16.5. The van der Waals surface area contributed by atoms with Crippen molar-refractivity contribution in [1.29, 1.82) is 0 Å². The zero-order chi connectivity index (χ0) is 16.1. The van der Waals surface area contributed by atoms with Gasteiger partial charge in [-0.2, -0.15) is 0 Å². The summed E-state index contributed by atoms with van der Waals surface area (Å²) < 4.78 is 10.5. The lowest BCUT2D eigenvalue weighted by Gasteiger charge is -2.33. The van der Waals surface area contributed by atoms with Gasteiger partial charge in [0.1, 0.15) is 5.75 Å². The summed E-state index contributed by atoms with van der Waals surface area (Å²) >= 11 is 0. The molecule has 120 valence electrons. The van der Waals surface area contributed by atoms with Crippen LogP contribution in [0.5, 0.6) is 5.75 Å². The summed E-state index contributed by atoms with van der Waals surface area (Å²) in [6.45, 7) is 2.67. The van der Waals surface area contributed by atoms with Gasteiger partial charge in [-0.25, -0.2) is 4.79 Å². The molecule has 1 aliphatic rings. The second-order valence-electron chi connectivity index (χ2n) is 5.36. The topological polar surface area (TPSA) is 76.1 Å². The van der Waals surface area contributed by atoms with Gasteiger partial charge in [-0.3, -0.25) is 4.79 Å². The number of carbonyl (C=O) groups excluding carboxylic acids is 1. The second-order valence-corrected chi connectivity index (χ2v) is 5.36. The van der Waals surface area contributed by atoms with E-state index in [1.165, 1.54) is 4.90 Å².